The Bertz CT molecular complexity index is 837. The predicted molar refractivity (Wildman–Crippen MR) is 159 cm³/mol. The van der Waals surface area contributed by atoms with Crippen molar-refractivity contribution < 1.29 is 28.3 Å². The summed E-state index contributed by atoms with van der Waals surface area (Å²) in [6.45, 7) is 26.2. The van der Waals surface area contributed by atoms with E-state index in [9.17, 15) is 14.4 Å². The van der Waals surface area contributed by atoms with Gasteiger partial charge in [0.2, 0.25) is 3.79 Å². The van der Waals surface area contributed by atoms with E-state index >= 15 is 0 Å². The minimum absolute atomic E-state index is 0.0974. The maximum absolute atomic E-state index is 14.1. The predicted octanol–water partition coefficient (Wildman–Crippen LogP) is 8.08. The highest BCUT2D eigenvalue weighted by Gasteiger charge is 2.49. The van der Waals surface area contributed by atoms with Crippen LogP contribution in [-0.4, -0.2) is 48.1 Å². The molecule has 0 saturated heterocycles. The third kappa shape index (κ3) is 11.9. The number of ketones is 1. The quantitative estimate of drug-likeness (QED) is 0.0902. The lowest BCUT2D eigenvalue weighted by molar-refractivity contribution is -0.162. The Morgan fingerprint density at radius 1 is 0.947 bits per heavy atom. The van der Waals surface area contributed by atoms with Gasteiger partial charge in [-0.15, -0.1) is 6.58 Å². The molecule has 0 fully saturated rings. The van der Waals surface area contributed by atoms with Gasteiger partial charge in [0.05, 0.1) is 18.4 Å². The second kappa shape index (κ2) is 13.8. The third-order valence-corrected chi connectivity index (χ3v) is 12.0. The van der Waals surface area contributed by atoms with Crippen LogP contribution in [0.4, 0.5) is 0 Å². The van der Waals surface area contributed by atoms with Gasteiger partial charge in [0, 0.05) is 11.3 Å². The number of hydrogen-bond acceptors (Lipinski definition) is 6. The molecular weight excluding hydrogens is 567 g/mol. The first kappa shape index (κ1) is 37.4. The zero-order chi connectivity index (χ0) is 30.5. The highest BCUT2D eigenvalue weighted by molar-refractivity contribution is 6.74. The summed E-state index contributed by atoms with van der Waals surface area (Å²) in [6.07, 6.45) is 1.31. The zero-order valence-corrected chi connectivity index (χ0v) is 28.6. The normalized spacial score (nSPS) is 16.7. The van der Waals surface area contributed by atoms with Crippen LogP contribution < -0.4 is 0 Å². The highest BCUT2D eigenvalue weighted by Crippen LogP contribution is 2.43. The van der Waals surface area contributed by atoms with Crippen LogP contribution in [0.25, 0.3) is 0 Å². The largest absolute Gasteiger partial charge is 0.461 e. The summed E-state index contributed by atoms with van der Waals surface area (Å²) in [4.78, 5) is 40.2. The number of carbonyl (C=O) groups is 3. The molecule has 0 saturated carbocycles. The van der Waals surface area contributed by atoms with E-state index in [1.54, 1.807) is 47.6 Å². The molecule has 0 rings (SSSR count). The minimum atomic E-state index is -2.41. The smallest absolute Gasteiger partial charge is 0.310 e. The molecule has 222 valence electrons. The summed E-state index contributed by atoms with van der Waals surface area (Å²) in [5.41, 5.74) is -1.81. The van der Waals surface area contributed by atoms with Crippen molar-refractivity contribution in [3.63, 3.8) is 0 Å². The van der Waals surface area contributed by atoms with Gasteiger partial charge in [0.15, 0.2) is 8.32 Å². The Kier molecular flexibility index (Phi) is 13.6. The third-order valence-electron chi connectivity index (χ3n) is 7.21. The van der Waals surface area contributed by atoms with Crippen LogP contribution >= 0.6 is 34.8 Å². The monoisotopic (exact) mass is 614 g/mol. The zero-order valence-electron chi connectivity index (χ0n) is 25.3. The van der Waals surface area contributed by atoms with Gasteiger partial charge in [-0.25, -0.2) is 0 Å². The Labute approximate surface area is 246 Å². The molecule has 0 aliphatic heterocycles. The maximum Gasteiger partial charge on any atom is 0.310 e. The second-order valence-corrected chi connectivity index (χ2v) is 20.6. The van der Waals surface area contributed by atoms with Gasteiger partial charge in [0.25, 0.3) is 0 Å². The number of allylic oxidation sites excluding steroid dienone is 1. The van der Waals surface area contributed by atoms with Gasteiger partial charge >= 0.3 is 11.9 Å². The van der Waals surface area contributed by atoms with Gasteiger partial charge in [0.1, 0.15) is 18.0 Å². The van der Waals surface area contributed by atoms with E-state index < -0.39 is 59.6 Å². The van der Waals surface area contributed by atoms with Crippen molar-refractivity contribution >= 4 is 60.8 Å². The molecule has 0 spiro atoms. The van der Waals surface area contributed by atoms with Gasteiger partial charge in [-0.1, -0.05) is 89.3 Å². The summed E-state index contributed by atoms with van der Waals surface area (Å²) < 4.78 is 15.8. The van der Waals surface area contributed by atoms with E-state index in [0.29, 0.717) is 6.42 Å². The molecule has 38 heavy (non-hydrogen) atoms. The summed E-state index contributed by atoms with van der Waals surface area (Å²) in [5.74, 6) is -3.16. The van der Waals surface area contributed by atoms with Gasteiger partial charge in [-0.05, 0) is 51.2 Å². The summed E-state index contributed by atoms with van der Waals surface area (Å²) in [5, 5.41) is -0.161. The lowest BCUT2D eigenvalue weighted by Crippen LogP contribution is -2.53. The molecule has 10 heteroatoms. The van der Waals surface area contributed by atoms with Gasteiger partial charge < -0.3 is 13.9 Å². The van der Waals surface area contributed by atoms with Crippen molar-refractivity contribution in [1.29, 1.82) is 0 Å². The van der Waals surface area contributed by atoms with E-state index in [-0.39, 0.29) is 23.2 Å². The van der Waals surface area contributed by atoms with Crippen molar-refractivity contribution in [1.82, 2.24) is 0 Å². The van der Waals surface area contributed by atoms with E-state index in [2.05, 4.69) is 40.4 Å². The molecule has 0 aliphatic carbocycles. The Balaban J connectivity index is 6.39. The molecule has 6 nitrogen and oxygen atoms in total. The fourth-order valence-corrected chi connectivity index (χ4v) is 5.61. The van der Waals surface area contributed by atoms with E-state index in [0.717, 1.165) is 0 Å². The summed E-state index contributed by atoms with van der Waals surface area (Å²) >= 11 is 17.4. The SMILES string of the molecule is C=CC[C@H](C)[C@H](C(=O)OCC(Cl)(Cl)Cl)[C@@H](C)C(=O)C(C)(C)[C@H](CC(=O)OC(C)(C)C)O[Si](C)(C)C(C)(C)C. The molecular formula is C28H49Cl3O6Si. The fourth-order valence-electron chi connectivity index (χ4n) is 4.01. The lowest BCUT2D eigenvalue weighted by atomic mass is 9.70. The number of carbonyl (C=O) groups excluding carboxylic acids is 3. The number of rotatable bonds is 13. The van der Waals surface area contributed by atoms with Crippen molar-refractivity contribution in [2.75, 3.05) is 6.61 Å². The van der Waals surface area contributed by atoms with Crippen LogP contribution in [0.15, 0.2) is 12.7 Å². The average Bonchev–Trinajstić information content (AvgIpc) is 2.68. The first-order valence-corrected chi connectivity index (χ1v) is 17.1. The van der Waals surface area contributed by atoms with E-state index in [4.69, 9.17) is 48.7 Å². The number of halogens is 3. The highest BCUT2D eigenvalue weighted by atomic mass is 35.6. The standard InChI is InChI=1S/C28H49Cl3O6Si/c1-14-15-18(2)22(24(34)35-17-28(29,30)31)19(3)23(33)27(10,11)20(16-21(32)36-25(4,5)6)37-38(12,13)26(7,8)9/h14,18-20,22H,1,15-17H2,2-13H3/t18-,19+,20-,22-/m0/s1. The Morgan fingerprint density at radius 3 is 1.84 bits per heavy atom. The molecule has 0 aromatic heterocycles. The van der Waals surface area contributed by atoms with Crippen molar-refractivity contribution in [2.24, 2.45) is 23.2 Å². The maximum atomic E-state index is 14.1. The molecule has 0 aliphatic rings. The van der Waals surface area contributed by atoms with Crippen LogP contribution in [0.1, 0.15) is 82.1 Å². The van der Waals surface area contributed by atoms with Crippen LogP contribution in [-0.2, 0) is 28.3 Å². The topological polar surface area (TPSA) is 78.9 Å². The second-order valence-electron chi connectivity index (χ2n) is 13.3. The number of hydrogen-bond donors (Lipinski definition) is 0. The number of esters is 2. The molecule has 0 unspecified atom stereocenters. The number of Topliss-reactive ketones (excluding diaryl/α,β-unsaturated/α-hetero) is 1. The van der Waals surface area contributed by atoms with E-state index in [1.807, 2.05) is 6.92 Å². The summed E-state index contributed by atoms with van der Waals surface area (Å²) in [7, 11) is -2.41. The van der Waals surface area contributed by atoms with Crippen LogP contribution in [0, 0.1) is 23.2 Å². The Hall–Kier alpha value is -0.603. The molecule has 0 aromatic rings. The first-order valence-electron chi connectivity index (χ1n) is 13.0. The fraction of sp³-hybridized carbons (Fsp3) is 0.821. The van der Waals surface area contributed by atoms with Gasteiger partial charge in [-0.2, -0.15) is 0 Å². The van der Waals surface area contributed by atoms with E-state index in [1.165, 1.54) is 0 Å². The molecule has 0 amide bonds. The summed E-state index contributed by atoms with van der Waals surface area (Å²) in [6, 6.07) is 0. The van der Waals surface area contributed by atoms with Crippen molar-refractivity contribution in [3.8, 4) is 0 Å². The molecule has 0 bridgehead atoms. The minimum Gasteiger partial charge on any atom is -0.461 e. The van der Waals surface area contributed by atoms with Crippen LogP contribution in [0.5, 0.6) is 0 Å². The first-order chi connectivity index (χ1) is 16.8. The van der Waals surface area contributed by atoms with Crippen LogP contribution in [0.3, 0.4) is 0 Å². The number of alkyl halides is 3. The molecule has 0 aromatic carbocycles. The molecule has 0 heterocycles. The molecule has 4 atom stereocenters. The lowest BCUT2D eigenvalue weighted by Gasteiger charge is -2.44. The van der Waals surface area contributed by atoms with Crippen LogP contribution in [0.2, 0.25) is 18.1 Å². The number of ether oxygens (including phenoxy) is 2. The Morgan fingerprint density at radius 2 is 1.45 bits per heavy atom. The van der Waals surface area contributed by atoms with Gasteiger partial charge in [-0.3, -0.25) is 14.4 Å². The van der Waals surface area contributed by atoms with Crippen molar-refractivity contribution in [3.05, 3.63) is 12.7 Å². The molecule has 0 radical (unpaired) electrons. The molecule has 0 N–H and O–H groups in total. The van der Waals surface area contributed by atoms with Crippen molar-refractivity contribution in [2.45, 2.75) is 116 Å². The average molecular weight is 616 g/mol.